The van der Waals surface area contributed by atoms with Crippen LogP contribution >= 0.6 is 24.0 Å². The third kappa shape index (κ3) is 6.25. The van der Waals surface area contributed by atoms with Crippen LogP contribution in [0.15, 0.2) is 53.9 Å². The van der Waals surface area contributed by atoms with Gasteiger partial charge in [0.05, 0.1) is 0 Å². The molecule has 2 N–H and O–H groups in total. The van der Waals surface area contributed by atoms with Crippen molar-refractivity contribution in [3.8, 4) is 0 Å². The lowest BCUT2D eigenvalue weighted by molar-refractivity contribution is 0.586. The van der Waals surface area contributed by atoms with E-state index in [2.05, 4.69) is 66.3 Å². The first kappa shape index (κ1) is 22.3. The maximum absolute atomic E-state index is 4.31. The first-order chi connectivity index (χ1) is 13.3. The second kappa shape index (κ2) is 11.7. The zero-order valence-corrected chi connectivity index (χ0v) is 19.1. The molecule has 1 aromatic carbocycles. The molecule has 0 radical (unpaired) electrons. The summed E-state index contributed by atoms with van der Waals surface area (Å²) in [5.41, 5.74) is 1.30. The predicted octanol–water partition coefficient (Wildman–Crippen LogP) is 3.80. The quantitative estimate of drug-likeness (QED) is 0.206. The standard InChI is InChI=1S/C21H30N6.HI/c1-18-23-13-17-26(18)14-6-5-11-24-21(22-2)25-12-7-15-27-16-10-19-8-3-4-9-20(19)27;/h3-4,8-10,13,16-17H,5-7,11-12,14-15H2,1-2H3,(H2,22,24,25);1H. The van der Waals surface area contributed by atoms with E-state index in [0.29, 0.717) is 0 Å². The average molecular weight is 494 g/mol. The monoisotopic (exact) mass is 494 g/mol. The van der Waals surface area contributed by atoms with Crippen LogP contribution in [-0.4, -0.2) is 40.2 Å². The van der Waals surface area contributed by atoms with Gasteiger partial charge in [-0.15, -0.1) is 24.0 Å². The normalized spacial score (nSPS) is 11.4. The lowest BCUT2D eigenvalue weighted by Crippen LogP contribution is -2.38. The maximum Gasteiger partial charge on any atom is 0.190 e. The van der Waals surface area contributed by atoms with Gasteiger partial charge in [0.25, 0.3) is 0 Å². The molecule has 0 atom stereocenters. The molecule has 7 heteroatoms. The fraction of sp³-hybridized carbons (Fsp3) is 0.429. The zero-order chi connectivity index (χ0) is 18.9. The molecule has 0 saturated heterocycles. The molecule has 0 saturated carbocycles. The van der Waals surface area contributed by atoms with Gasteiger partial charge in [-0.1, -0.05) is 18.2 Å². The molecule has 6 nitrogen and oxygen atoms in total. The molecule has 0 aliphatic carbocycles. The van der Waals surface area contributed by atoms with Crippen molar-refractivity contribution < 1.29 is 0 Å². The van der Waals surface area contributed by atoms with Crippen molar-refractivity contribution in [3.63, 3.8) is 0 Å². The van der Waals surface area contributed by atoms with E-state index in [1.807, 2.05) is 26.4 Å². The number of aryl methyl sites for hydroxylation is 3. The van der Waals surface area contributed by atoms with Crippen molar-refractivity contribution in [2.45, 2.75) is 39.3 Å². The molecule has 2 heterocycles. The van der Waals surface area contributed by atoms with Gasteiger partial charge in [0.2, 0.25) is 0 Å². The highest BCUT2D eigenvalue weighted by Gasteiger charge is 2.01. The van der Waals surface area contributed by atoms with Gasteiger partial charge >= 0.3 is 0 Å². The van der Waals surface area contributed by atoms with Crippen LogP contribution in [0, 0.1) is 6.92 Å². The number of fused-ring (bicyclic) bond motifs is 1. The summed E-state index contributed by atoms with van der Waals surface area (Å²) in [5, 5.41) is 8.10. The maximum atomic E-state index is 4.31. The Labute approximate surface area is 184 Å². The summed E-state index contributed by atoms with van der Waals surface area (Å²) in [4.78, 5) is 8.56. The Morgan fingerprint density at radius 2 is 1.71 bits per heavy atom. The van der Waals surface area contributed by atoms with Gasteiger partial charge in [-0.25, -0.2) is 4.98 Å². The van der Waals surface area contributed by atoms with E-state index < -0.39 is 0 Å². The van der Waals surface area contributed by atoms with Gasteiger partial charge in [0.1, 0.15) is 5.82 Å². The third-order valence-corrected chi connectivity index (χ3v) is 4.81. The topological polar surface area (TPSA) is 59.2 Å². The Kier molecular flexibility index (Phi) is 9.33. The molecule has 0 aliphatic rings. The summed E-state index contributed by atoms with van der Waals surface area (Å²) in [6.45, 7) is 5.89. The van der Waals surface area contributed by atoms with Crippen LogP contribution in [0.5, 0.6) is 0 Å². The number of halogens is 1. The number of unbranched alkanes of at least 4 members (excludes halogenated alkanes) is 1. The summed E-state index contributed by atoms with van der Waals surface area (Å²) < 4.78 is 4.50. The van der Waals surface area contributed by atoms with Crippen LogP contribution in [0.3, 0.4) is 0 Å². The highest BCUT2D eigenvalue weighted by Crippen LogP contribution is 2.15. The molecule has 0 fully saturated rings. The van der Waals surface area contributed by atoms with Gasteiger partial charge < -0.3 is 19.8 Å². The third-order valence-electron chi connectivity index (χ3n) is 4.81. The van der Waals surface area contributed by atoms with Gasteiger partial charge in [-0.05, 0) is 43.7 Å². The zero-order valence-electron chi connectivity index (χ0n) is 16.8. The number of rotatable bonds is 9. The van der Waals surface area contributed by atoms with E-state index in [1.54, 1.807) is 0 Å². The Balaban J connectivity index is 0.00000280. The number of hydrogen-bond donors (Lipinski definition) is 2. The molecule has 3 aromatic rings. The lowest BCUT2D eigenvalue weighted by atomic mass is 10.2. The van der Waals surface area contributed by atoms with E-state index >= 15 is 0 Å². The average Bonchev–Trinajstić information content (AvgIpc) is 3.29. The Morgan fingerprint density at radius 3 is 2.46 bits per heavy atom. The van der Waals surface area contributed by atoms with Crippen LogP contribution in [0.1, 0.15) is 25.1 Å². The molecule has 3 rings (SSSR count). The molecule has 152 valence electrons. The van der Waals surface area contributed by atoms with E-state index in [4.69, 9.17) is 0 Å². The lowest BCUT2D eigenvalue weighted by Gasteiger charge is -2.12. The fourth-order valence-electron chi connectivity index (χ4n) is 3.27. The van der Waals surface area contributed by atoms with Crippen LogP contribution in [0.2, 0.25) is 0 Å². The number of nitrogens with one attached hydrogen (secondary N) is 2. The number of guanidine groups is 1. The van der Waals surface area contributed by atoms with E-state index in [9.17, 15) is 0 Å². The Bertz CT molecular complexity index is 867. The minimum absolute atomic E-state index is 0. The fourth-order valence-corrected chi connectivity index (χ4v) is 3.27. The molecule has 0 aliphatic heterocycles. The van der Waals surface area contributed by atoms with E-state index in [-0.39, 0.29) is 24.0 Å². The van der Waals surface area contributed by atoms with E-state index in [1.165, 1.54) is 10.9 Å². The number of imidazole rings is 1. The van der Waals surface area contributed by atoms with Gasteiger partial charge in [0.15, 0.2) is 5.96 Å². The molecule has 0 unspecified atom stereocenters. The van der Waals surface area contributed by atoms with Gasteiger partial charge in [-0.3, -0.25) is 4.99 Å². The van der Waals surface area contributed by atoms with Crippen molar-refractivity contribution in [1.29, 1.82) is 0 Å². The first-order valence-electron chi connectivity index (χ1n) is 9.74. The molecular weight excluding hydrogens is 463 g/mol. The van der Waals surface area contributed by atoms with Crippen LogP contribution in [0.25, 0.3) is 10.9 Å². The van der Waals surface area contributed by atoms with Crippen molar-refractivity contribution in [2.75, 3.05) is 20.1 Å². The minimum atomic E-state index is 0. The van der Waals surface area contributed by atoms with Crippen LogP contribution in [-0.2, 0) is 13.1 Å². The largest absolute Gasteiger partial charge is 0.356 e. The minimum Gasteiger partial charge on any atom is -0.356 e. The number of para-hydroxylation sites is 1. The highest BCUT2D eigenvalue weighted by molar-refractivity contribution is 14.0. The molecule has 0 spiro atoms. The van der Waals surface area contributed by atoms with Crippen LogP contribution in [0.4, 0.5) is 0 Å². The number of aliphatic imine (C=N–C) groups is 1. The summed E-state index contributed by atoms with van der Waals surface area (Å²) in [6.07, 6.45) is 9.35. The number of hydrogen-bond acceptors (Lipinski definition) is 2. The summed E-state index contributed by atoms with van der Waals surface area (Å²) >= 11 is 0. The van der Waals surface area contributed by atoms with Crippen molar-refractivity contribution >= 4 is 40.8 Å². The first-order valence-corrected chi connectivity index (χ1v) is 9.74. The Hall–Kier alpha value is -2.03. The Morgan fingerprint density at radius 1 is 0.964 bits per heavy atom. The van der Waals surface area contributed by atoms with Gasteiger partial charge in [-0.2, -0.15) is 0 Å². The van der Waals surface area contributed by atoms with Gasteiger partial charge in [0, 0.05) is 57.3 Å². The second-order valence-corrected chi connectivity index (χ2v) is 6.72. The smallest absolute Gasteiger partial charge is 0.190 e. The van der Waals surface area contributed by atoms with Crippen molar-refractivity contribution in [1.82, 2.24) is 24.8 Å². The summed E-state index contributed by atoms with van der Waals surface area (Å²) in [6, 6.07) is 10.7. The molecular formula is C21H31IN6. The molecule has 0 bridgehead atoms. The van der Waals surface area contributed by atoms with Crippen molar-refractivity contribution in [2.24, 2.45) is 4.99 Å². The second-order valence-electron chi connectivity index (χ2n) is 6.72. The summed E-state index contributed by atoms with van der Waals surface area (Å²) in [5.74, 6) is 1.96. The molecule has 2 aromatic heterocycles. The SMILES string of the molecule is CN=C(NCCCCn1ccnc1C)NCCCn1ccc2ccccc21.I. The van der Waals surface area contributed by atoms with Crippen LogP contribution < -0.4 is 10.6 Å². The molecule has 0 amide bonds. The number of nitrogens with zero attached hydrogens (tertiary/aromatic N) is 4. The van der Waals surface area contributed by atoms with Crippen molar-refractivity contribution in [3.05, 3.63) is 54.7 Å². The van der Waals surface area contributed by atoms with E-state index in [0.717, 1.165) is 57.2 Å². The predicted molar refractivity (Wildman–Crippen MR) is 128 cm³/mol. The number of aromatic nitrogens is 3. The number of benzene rings is 1. The molecule has 28 heavy (non-hydrogen) atoms. The summed E-state index contributed by atoms with van der Waals surface area (Å²) in [7, 11) is 1.82. The highest BCUT2D eigenvalue weighted by atomic mass is 127.